The van der Waals surface area contributed by atoms with Gasteiger partial charge in [-0.1, -0.05) is 42.1 Å². The van der Waals surface area contributed by atoms with Gasteiger partial charge < -0.3 is 0 Å². The van der Waals surface area contributed by atoms with Gasteiger partial charge in [0, 0.05) is 17.3 Å². The maximum absolute atomic E-state index is 13.7. The van der Waals surface area contributed by atoms with Crippen LogP contribution in [0.25, 0.3) is 11.1 Å². The van der Waals surface area contributed by atoms with Crippen LogP contribution >= 0.6 is 23.5 Å². The van der Waals surface area contributed by atoms with Crippen molar-refractivity contribution in [3.05, 3.63) is 54.3 Å². The minimum absolute atomic E-state index is 0.274. The lowest BCUT2D eigenvalue weighted by molar-refractivity contribution is 0.631. The lowest BCUT2D eigenvalue weighted by Crippen LogP contribution is -2.16. The van der Waals surface area contributed by atoms with Crippen molar-refractivity contribution in [3.8, 4) is 17.3 Å². The number of hydrogen-bond acceptors (Lipinski definition) is 3. The highest BCUT2D eigenvalue weighted by atomic mass is 35.5. The molecule has 2 aromatic carbocycles. The largest absolute Gasteiger partial charge is 0.230 e. The van der Waals surface area contributed by atoms with Crippen LogP contribution in [0.1, 0.15) is 0 Å². The van der Waals surface area contributed by atoms with Crippen LogP contribution in [0.3, 0.4) is 0 Å². The normalized spacial score (nSPS) is 11.0. The second kappa shape index (κ2) is 7.11. The maximum atomic E-state index is 13.7. The molecule has 0 bridgehead atoms. The van der Waals surface area contributed by atoms with Crippen molar-refractivity contribution in [3.63, 3.8) is 0 Å². The van der Waals surface area contributed by atoms with E-state index in [-0.39, 0.29) is 5.82 Å². The molecule has 0 aromatic heterocycles. The molecule has 106 valence electrons. The van der Waals surface area contributed by atoms with Gasteiger partial charge in [-0.3, -0.25) is 0 Å². The summed E-state index contributed by atoms with van der Waals surface area (Å²) in [6.45, 7) is 0. The van der Waals surface area contributed by atoms with E-state index < -0.39 is 0 Å². The molecule has 0 atom stereocenters. The molecule has 3 nitrogen and oxygen atoms in total. The zero-order valence-corrected chi connectivity index (χ0v) is 12.7. The number of thioether (sulfide) groups is 1. The highest BCUT2D eigenvalue weighted by Gasteiger charge is 2.11. The summed E-state index contributed by atoms with van der Waals surface area (Å²) in [7, 11) is 0. The van der Waals surface area contributed by atoms with Crippen LogP contribution in [0.15, 0.2) is 53.5 Å². The third-order valence-electron chi connectivity index (χ3n) is 2.78. The van der Waals surface area contributed by atoms with E-state index in [1.165, 1.54) is 22.2 Å². The quantitative estimate of drug-likeness (QED) is 0.350. The Hall–Kier alpha value is -2.03. The third-order valence-corrected chi connectivity index (χ3v) is 3.87. The van der Waals surface area contributed by atoms with Gasteiger partial charge in [-0.15, -0.1) is 4.99 Å². The molecule has 2 aromatic rings. The summed E-state index contributed by atoms with van der Waals surface area (Å²) in [4.78, 5) is 3.63. The number of benzene rings is 2. The van der Waals surface area contributed by atoms with Gasteiger partial charge in [0.1, 0.15) is 5.82 Å². The van der Waals surface area contributed by atoms with E-state index in [0.717, 1.165) is 5.56 Å². The number of nitrogens with zero attached hydrogens (tertiary/aromatic N) is 3. The van der Waals surface area contributed by atoms with E-state index in [2.05, 4.69) is 4.99 Å². The Morgan fingerprint density at radius 2 is 1.90 bits per heavy atom. The Labute approximate surface area is 131 Å². The van der Waals surface area contributed by atoms with Crippen LogP contribution in [0.4, 0.5) is 10.1 Å². The van der Waals surface area contributed by atoms with Gasteiger partial charge >= 0.3 is 0 Å². The average molecular weight is 320 g/mol. The monoisotopic (exact) mass is 319 g/mol. The summed E-state index contributed by atoms with van der Waals surface area (Å²) in [5.74, 6) is -0.274. The molecule has 0 fully saturated rings. The molecule has 0 aliphatic carbocycles. The summed E-state index contributed by atoms with van der Waals surface area (Å²) in [6, 6.07) is 13.6. The Morgan fingerprint density at radius 3 is 2.48 bits per heavy atom. The van der Waals surface area contributed by atoms with E-state index in [9.17, 15) is 4.39 Å². The Morgan fingerprint density at radius 1 is 1.24 bits per heavy atom. The van der Waals surface area contributed by atoms with Crippen molar-refractivity contribution in [2.24, 2.45) is 4.99 Å². The molecule has 0 unspecified atom stereocenters. The van der Waals surface area contributed by atoms with Crippen LogP contribution < -0.4 is 4.42 Å². The van der Waals surface area contributed by atoms with Crippen LogP contribution in [0.5, 0.6) is 0 Å². The maximum Gasteiger partial charge on any atom is 0.208 e. The van der Waals surface area contributed by atoms with Crippen molar-refractivity contribution >= 4 is 34.4 Å². The number of amidine groups is 1. The molecule has 0 spiro atoms. The standard InChI is InChI=1S/C15H11ClFN3S/c1-21-15(19-10-18)20(16)12-8-6-11(7-9-12)13-4-2-3-5-14(13)17/h2-9H,1H3. The van der Waals surface area contributed by atoms with E-state index >= 15 is 0 Å². The molecule has 0 saturated heterocycles. The van der Waals surface area contributed by atoms with Crippen molar-refractivity contribution in [2.75, 3.05) is 10.7 Å². The SMILES string of the molecule is CSC(=NC#N)N(Cl)c1ccc(-c2ccccc2F)cc1. The zero-order valence-electron chi connectivity index (χ0n) is 11.1. The fraction of sp³-hybridized carbons (Fsp3) is 0.0667. The van der Waals surface area contributed by atoms with Crippen molar-refractivity contribution < 1.29 is 4.39 Å². The first kappa shape index (κ1) is 15.4. The van der Waals surface area contributed by atoms with Gasteiger partial charge in [0.25, 0.3) is 0 Å². The zero-order chi connectivity index (χ0) is 15.2. The predicted octanol–water partition coefficient (Wildman–Crippen LogP) is 4.65. The Balaban J connectivity index is 2.30. The molecular formula is C15H11ClFN3S. The number of anilines is 1. The summed E-state index contributed by atoms with van der Waals surface area (Å²) in [5, 5.41) is 8.98. The summed E-state index contributed by atoms with van der Waals surface area (Å²) < 4.78 is 15.0. The topological polar surface area (TPSA) is 39.4 Å². The molecule has 0 heterocycles. The molecule has 0 aliphatic rings. The van der Waals surface area contributed by atoms with E-state index in [1.807, 2.05) is 0 Å². The minimum atomic E-state index is -0.274. The van der Waals surface area contributed by atoms with Gasteiger partial charge in [-0.05, 0) is 30.0 Å². The van der Waals surface area contributed by atoms with E-state index in [0.29, 0.717) is 16.4 Å². The number of nitriles is 1. The molecule has 0 amide bonds. The van der Waals surface area contributed by atoms with Crippen LogP contribution in [0, 0.1) is 17.3 Å². The first-order valence-corrected chi connectivity index (χ1v) is 7.55. The van der Waals surface area contributed by atoms with E-state index in [4.69, 9.17) is 17.0 Å². The minimum Gasteiger partial charge on any atom is -0.230 e. The van der Waals surface area contributed by atoms with Crippen molar-refractivity contribution in [1.82, 2.24) is 0 Å². The molecular weight excluding hydrogens is 309 g/mol. The Bertz CT molecular complexity index is 695. The number of hydrogen-bond donors (Lipinski definition) is 0. The average Bonchev–Trinajstić information content (AvgIpc) is 2.52. The Kier molecular flexibility index (Phi) is 5.20. The smallest absolute Gasteiger partial charge is 0.208 e. The summed E-state index contributed by atoms with van der Waals surface area (Å²) >= 11 is 7.40. The fourth-order valence-electron chi connectivity index (χ4n) is 1.79. The predicted molar refractivity (Wildman–Crippen MR) is 86.7 cm³/mol. The van der Waals surface area contributed by atoms with Crippen molar-refractivity contribution in [1.29, 1.82) is 5.26 Å². The molecule has 21 heavy (non-hydrogen) atoms. The van der Waals surface area contributed by atoms with Crippen molar-refractivity contribution in [2.45, 2.75) is 0 Å². The van der Waals surface area contributed by atoms with E-state index in [1.54, 1.807) is 54.9 Å². The second-order valence-corrected chi connectivity index (χ2v) is 5.12. The van der Waals surface area contributed by atoms with Gasteiger partial charge in [0.05, 0.1) is 5.69 Å². The van der Waals surface area contributed by atoms with Gasteiger partial charge in [0.15, 0.2) is 5.17 Å². The number of aliphatic imine (C=N–C) groups is 1. The summed E-state index contributed by atoms with van der Waals surface area (Å²) in [5.41, 5.74) is 1.94. The highest BCUT2D eigenvalue weighted by Crippen LogP contribution is 2.27. The van der Waals surface area contributed by atoms with Gasteiger partial charge in [-0.2, -0.15) is 5.26 Å². The molecule has 0 N–H and O–H groups in total. The van der Waals surface area contributed by atoms with Crippen LogP contribution in [-0.2, 0) is 0 Å². The van der Waals surface area contributed by atoms with Gasteiger partial charge in [-0.25, -0.2) is 8.81 Å². The number of rotatable bonds is 2. The lowest BCUT2D eigenvalue weighted by Gasteiger charge is -2.15. The number of halogens is 2. The second-order valence-electron chi connectivity index (χ2n) is 4.01. The highest BCUT2D eigenvalue weighted by molar-refractivity contribution is 8.13. The first-order chi connectivity index (χ1) is 10.2. The fourth-order valence-corrected chi connectivity index (χ4v) is 2.55. The van der Waals surface area contributed by atoms with Crippen LogP contribution in [0.2, 0.25) is 0 Å². The third kappa shape index (κ3) is 3.54. The summed E-state index contributed by atoms with van der Waals surface area (Å²) in [6.07, 6.45) is 3.48. The molecule has 6 heteroatoms. The molecule has 0 radical (unpaired) electrons. The molecule has 0 saturated carbocycles. The van der Waals surface area contributed by atoms with Gasteiger partial charge in [0.2, 0.25) is 6.19 Å². The lowest BCUT2D eigenvalue weighted by atomic mass is 10.1. The molecule has 2 rings (SSSR count). The molecule has 0 aliphatic heterocycles. The van der Waals surface area contributed by atoms with Crippen LogP contribution in [-0.4, -0.2) is 11.4 Å². The first-order valence-electron chi connectivity index (χ1n) is 5.99.